The molecule has 2 aromatic heterocycles. The molecule has 5 rings (SSSR count). The number of nitrogens with one attached hydrogen (secondary N) is 1. The van der Waals surface area contributed by atoms with E-state index >= 15 is 0 Å². The minimum absolute atomic E-state index is 0.0532. The molecule has 5 N–H and O–H groups in total. The molecule has 0 spiro atoms. The Bertz CT molecular complexity index is 1520. The number of hydrogen-bond acceptors (Lipinski definition) is 9. The Balaban J connectivity index is 1.45. The fourth-order valence-electron chi connectivity index (χ4n) is 5.15. The number of pyridine rings is 1. The molecule has 1 aliphatic heterocycles. The highest BCUT2D eigenvalue weighted by molar-refractivity contribution is 7.89. The monoisotopic (exact) mass is 565 g/mol. The average Bonchev–Trinajstić information content (AvgIpc) is 3.13. The van der Waals surface area contributed by atoms with Crippen LogP contribution in [0.5, 0.6) is 5.75 Å². The van der Waals surface area contributed by atoms with E-state index in [1.165, 1.54) is 5.56 Å². The molecule has 0 bridgehead atoms. The van der Waals surface area contributed by atoms with Gasteiger partial charge in [-0.2, -0.15) is 0 Å². The number of aryl methyl sites for hydroxylation is 1. The van der Waals surface area contributed by atoms with Gasteiger partial charge in [-0.05, 0) is 60.4 Å². The number of benzene rings is 1. The predicted octanol–water partition coefficient (Wildman–Crippen LogP) is 3.30. The third kappa shape index (κ3) is 5.91. The highest BCUT2D eigenvalue weighted by Crippen LogP contribution is 2.39. The second kappa shape index (κ2) is 10.6. The third-order valence-corrected chi connectivity index (χ3v) is 9.27. The van der Waals surface area contributed by atoms with E-state index in [9.17, 15) is 8.42 Å². The van der Waals surface area contributed by atoms with Gasteiger partial charge in [0.15, 0.2) is 0 Å². The number of nitrogens with two attached hydrogens (primary N) is 2. The summed E-state index contributed by atoms with van der Waals surface area (Å²) in [5.41, 5.74) is 16.4. The van der Waals surface area contributed by atoms with E-state index in [1.54, 1.807) is 18.6 Å². The third-order valence-electron chi connectivity index (χ3n) is 7.84. The molecular weight excluding hydrogens is 526 g/mol. The Hall–Kier alpha value is -3.28. The molecule has 3 heterocycles. The van der Waals surface area contributed by atoms with Crippen LogP contribution in [-0.4, -0.2) is 49.6 Å². The van der Waals surface area contributed by atoms with Crippen LogP contribution in [0.1, 0.15) is 50.9 Å². The molecule has 1 aliphatic carbocycles. The van der Waals surface area contributed by atoms with E-state index in [4.69, 9.17) is 21.2 Å². The maximum Gasteiger partial charge on any atom is 0.244 e. The molecule has 0 saturated carbocycles. The van der Waals surface area contributed by atoms with E-state index in [1.807, 2.05) is 32.0 Å². The number of anilines is 2. The molecule has 214 valence electrons. The highest BCUT2D eigenvalue weighted by Gasteiger charge is 2.31. The standard InChI is InChI=1S/C29H39N7O3S/c1-28(2)8-7-23-22(13-28)27(34-18-33-23)36-9-10-39-24-6-5-19(11-21(24)15-36)20-12-25(26(31)32-14-20)40(37,38)35-17-29(3,4)16-30/h5-6,11-12,14,18,35H,7-10,13,15-17,30H2,1-4H3,(H2,31,32). The van der Waals surface area contributed by atoms with Gasteiger partial charge in [0, 0.05) is 41.7 Å². The second-order valence-corrected chi connectivity index (χ2v) is 14.1. The lowest BCUT2D eigenvalue weighted by atomic mass is 9.76. The van der Waals surface area contributed by atoms with E-state index in [2.05, 4.69) is 33.4 Å². The number of sulfonamides is 1. The van der Waals surface area contributed by atoms with Crippen molar-refractivity contribution in [1.29, 1.82) is 0 Å². The van der Waals surface area contributed by atoms with Crippen molar-refractivity contribution in [1.82, 2.24) is 19.7 Å². The van der Waals surface area contributed by atoms with Gasteiger partial charge >= 0.3 is 0 Å². The van der Waals surface area contributed by atoms with Gasteiger partial charge in [0.05, 0.1) is 6.54 Å². The summed E-state index contributed by atoms with van der Waals surface area (Å²) in [6, 6.07) is 7.44. The first-order chi connectivity index (χ1) is 18.9. The van der Waals surface area contributed by atoms with Crippen LogP contribution >= 0.6 is 0 Å². The Kier molecular flexibility index (Phi) is 7.49. The molecule has 2 aliphatic rings. The predicted molar refractivity (Wildman–Crippen MR) is 156 cm³/mol. The summed E-state index contributed by atoms with van der Waals surface area (Å²) in [5, 5.41) is 0. The number of hydrogen-bond donors (Lipinski definition) is 3. The van der Waals surface area contributed by atoms with Crippen molar-refractivity contribution < 1.29 is 13.2 Å². The molecule has 0 atom stereocenters. The van der Waals surface area contributed by atoms with Crippen molar-refractivity contribution in [3.8, 4) is 16.9 Å². The first-order valence-electron chi connectivity index (χ1n) is 13.7. The molecule has 0 fully saturated rings. The molecule has 0 saturated heterocycles. The Morgan fingerprint density at radius 3 is 2.73 bits per heavy atom. The SMILES string of the molecule is CC(C)(CN)CNS(=O)(=O)c1cc(-c2ccc3c(c2)CN(c2ncnc4c2CC(C)(C)CC4)CCO3)cnc1N. The summed E-state index contributed by atoms with van der Waals surface area (Å²) in [6.45, 7) is 10.7. The summed E-state index contributed by atoms with van der Waals surface area (Å²) in [5.74, 6) is 1.72. The normalized spacial score (nSPS) is 17.0. The minimum atomic E-state index is -3.89. The molecule has 1 aromatic carbocycles. The van der Waals surface area contributed by atoms with Crippen molar-refractivity contribution in [3.63, 3.8) is 0 Å². The maximum absolute atomic E-state index is 13.1. The summed E-state index contributed by atoms with van der Waals surface area (Å²) in [6.07, 6.45) is 6.27. The largest absolute Gasteiger partial charge is 0.491 e. The molecule has 3 aromatic rings. The van der Waals surface area contributed by atoms with E-state index in [0.717, 1.165) is 47.7 Å². The lowest BCUT2D eigenvalue weighted by molar-refractivity contribution is 0.310. The van der Waals surface area contributed by atoms with Crippen LogP contribution in [0.15, 0.2) is 41.7 Å². The van der Waals surface area contributed by atoms with Gasteiger partial charge in [0.1, 0.15) is 35.2 Å². The van der Waals surface area contributed by atoms with Crippen LogP contribution in [0.3, 0.4) is 0 Å². The number of ether oxygens (including phenoxy) is 1. The maximum atomic E-state index is 13.1. The second-order valence-electron chi connectivity index (χ2n) is 12.4. The first kappa shape index (κ1) is 28.3. The smallest absolute Gasteiger partial charge is 0.244 e. The van der Waals surface area contributed by atoms with Gasteiger partial charge in [-0.25, -0.2) is 28.1 Å². The van der Waals surface area contributed by atoms with Gasteiger partial charge in [0.25, 0.3) is 0 Å². The number of rotatable bonds is 7. The quantitative estimate of drug-likeness (QED) is 0.392. The summed E-state index contributed by atoms with van der Waals surface area (Å²) >= 11 is 0. The zero-order valence-corrected chi connectivity index (χ0v) is 24.5. The number of nitrogens with zero attached hydrogens (tertiary/aromatic N) is 4. The topological polar surface area (TPSA) is 149 Å². The number of nitrogen functional groups attached to an aromatic ring is 1. The molecule has 40 heavy (non-hydrogen) atoms. The van der Waals surface area contributed by atoms with Crippen LogP contribution in [0.2, 0.25) is 0 Å². The van der Waals surface area contributed by atoms with Crippen LogP contribution in [0.4, 0.5) is 11.6 Å². The average molecular weight is 566 g/mol. The zero-order valence-electron chi connectivity index (χ0n) is 23.7. The lowest BCUT2D eigenvalue weighted by Crippen LogP contribution is -2.38. The van der Waals surface area contributed by atoms with Gasteiger partial charge in [-0.15, -0.1) is 0 Å². The summed E-state index contributed by atoms with van der Waals surface area (Å²) in [4.78, 5) is 15.7. The van der Waals surface area contributed by atoms with Crippen LogP contribution in [0, 0.1) is 10.8 Å². The van der Waals surface area contributed by atoms with Gasteiger partial charge in [-0.1, -0.05) is 33.8 Å². The molecule has 11 heteroatoms. The summed E-state index contributed by atoms with van der Waals surface area (Å²) in [7, 11) is -3.89. The lowest BCUT2D eigenvalue weighted by Gasteiger charge is -2.33. The first-order valence-corrected chi connectivity index (χ1v) is 15.1. The van der Waals surface area contributed by atoms with Gasteiger partial charge < -0.3 is 21.1 Å². The van der Waals surface area contributed by atoms with Gasteiger partial charge in [0.2, 0.25) is 10.0 Å². The van der Waals surface area contributed by atoms with Crippen molar-refractivity contribution in [2.45, 2.75) is 58.4 Å². The minimum Gasteiger partial charge on any atom is -0.491 e. The van der Waals surface area contributed by atoms with Crippen LogP contribution < -0.4 is 25.8 Å². The fourth-order valence-corrected chi connectivity index (χ4v) is 6.50. The molecule has 10 nitrogen and oxygen atoms in total. The number of fused-ring (bicyclic) bond motifs is 2. The van der Waals surface area contributed by atoms with Crippen molar-refractivity contribution in [3.05, 3.63) is 53.6 Å². The van der Waals surface area contributed by atoms with Crippen molar-refractivity contribution in [2.75, 3.05) is 36.9 Å². The molecular formula is C29H39N7O3S. The summed E-state index contributed by atoms with van der Waals surface area (Å²) < 4.78 is 35.0. The molecule has 0 amide bonds. The van der Waals surface area contributed by atoms with Crippen molar-refractivity contribution >= 4 is 21.7 Å². The Labute approximate surface area is 236 Å². The van der Waals surface area contributed by atoms with E-state index < -0.39 is 15.4 Å². The van der Waals surface area contributed by atoms with Crippen molar-refractivity contribution in [2.24, 2.45) is 16.6 Å². The fraction of sp³-hybridized carbons (Fsp3) is 0.483. The zero-order chi connectivity index (χ0) is 28.7. The van der Waals surface area contributed by atoms with E-state index in [0.29, 0.717) is 31.8 Å². The highest BCUT2D eigenvalue weighted by atomic mass is 32.2. The molecule has 0 unspecified atom stereocenters. The Morgan fingerprint density at radius 2 is 1.95 bits per heavy atom. The molecule has 0 radical (unpaired) electrons. The van der Waals surface area contributed by atoms with Crippen LogP contribution in [0.25, 0.3) is 11.1 Å². The van der Waals surface area contributed by atoms with Gasteiger partial charge in [-0.3, -0.25) is 0 Å². The Morgan fingerprint density at radius 1 is 1.15 bits per heavy atom. The number of aromatic nitrogens is 3. The van der Waals surface area contributed by atoms with E-state index in [-0.39, 0.29) is 22.7 Å². The van der Waals surface area contributed by atoms with Crippen LogP contribution in [-0.2, 0) is 29.4 Å².